The summed E-state index contributed by atoms with van der Waals surface area (Å²) in [5.74, 6) is 0.553. The Labute approximate surface area is 133 Å². The number of carbonyl (C=O) groups is 1. The zero-order valence-corrected chi connectivity index (χ0v) is 13.7. The highest BCUT2D eigenvalue weighted by Gasteiger charge is 2.24. The first-order chi connectivity index (χ1) is 9.60. The van der Waals surface area contributed by atoms with Crippen molar-refractivity contribution in [3.8, 4) is 0 Å². The molecule has 3 N–H and O–H groups in total. The van der Waals surface area contributed by atoms with E-state index in [0.717, 1.165) is 25.1 Å². The molecule has 0 saturated carbocycles. The third kappa shape index (κ3) is 4.99. The number of halogens is 1. The Balaban J connectivity index is 0.00000220. The Morgan fingerprint density at radius 2 is 2.05 bits per heavy atom. The molecular weight excluding hydrogens is 286 g/mol. The van der Waals surface area contributed by atoms with Crippen LogP contribution in [0.4, 0.5) is 5.69 Å². The molecule has 0 spiro atoms. The quantitative estimate of drug-likeness (QED) is 0.879. The average molecular weight is 312 g/mol. The molecule has 1 saturated heterocycles. The van der Waals surface area contributed by atoms with E-state index in [2.05, 4.69) is 36.2 Å². The van der Waals surface area contributed by atoms with Gasteiger partial charge in [0.2, 0.25) is 5.91 Å². The number of carbonyl (C=O) groups excluding carboxylic acids is 1. The van der Waals surface area contributed by atoms with Crippen molar-refractivity contribution in [2.45, 2.75) is 38.6 Å². The Hall–Kier alpha value is -1.10. The Morgan fingerprint density at radius 1 is 1.38 bits per heavy atom. The van der Waals surface area contributed by atoms with E-state index in [4.69, 9.17) is 5.73 Å². The molecule has 5 heteroatoms. The lowest BCUT2D eigenvalue weighted by Crippen LogP contribution is -2.40. The van der Waals surface area contributed by atoms with Crippen molar-refractivity contribution in [2.75, 3.05) is 25.0 Å². The van der Waals surface area contributed by atoms with Crippen LogP contribution in [0.2, 0.25) is 0 Å². The van der Waals surface area contributed by atoms with Gasteiger partial charge in [-0.05, 0) is 43.0 Å². The van der Waals surface area contributed by atoms with Crippen LogP contribution in [0.5, 0.6) is 0 Å². The maximum absolute atomic E-state index is 12.1. The number of likely N-dealkylation sites (tertiary alicyclic amines) is 1. The summed E-state index contributed by atoms with van der Waals surface area (Å²) in [6, 6.07) is 8.44. The molecule has 2 rings (SSSR count). The number of hydrogen-bond acceptors (Lipinski definition) is 3. The summed E-state index contributed by atoms with van der Waals surface area (Å²) in [7, 11) is 0. The maximum atomic E-state index is 12.1. The number of nitrogens with one attached hydrogen (secondary N) is 1. The van der Waals surface area contributed by atoms with Gasteiger partial charge in [-0.2, -0.15) is 0 Å². The van der Waals surface area contributed by atoms with Gasteiger partial charge in [-0.3, -0.25) is 9.69 Å². The molecule has 1 aliphatic heterocycles. The average Bonchev–Trinajstić information content (AvgIpc) is 2.86. The molecule has 0 aromatic heterocycles. The molecule has 21 heavy (non-hydrogen) atoms. The third-order valence-corrected chi connectivity index (χ3v) is 3.98. The van der Waals surface area contributed by atoms with Crippen LogP contribution in [0.3, 0.4) is 0 Å². The Kier molecular flexibility index (Phi) is 7.15. The van der Waals surface area contributed by atoms with Gasteiger partial charge in [0.15, 0.2) is 0 Å². The van der Waals surface area contributed by atoms with E-state index < -0.39 is 0 Å². The van der Waals surface area contributed by atoms with Gasteiger partial charge in [0.05, 0.1) is 6.54 Å². The van der Waals surface area contributed by atoms with Gasteiger partial charge in [-0.15, -0.1) is 12.4 Å². The van der Waals surface area contributed by atoms with Gasteiger partial charge in [-0.1, -0.05) is 26.0 Å². The predicted octanol–water partition coefficient (Wildman–Crippen LogP) is 2.59. The molecule has 1 atom stereocenters. The Bertz CT molecular complexity index is 447. The molecule has 4 nitrogen and oxygen atoms in total. The molecule has 1 unspecified atom stereocenters. The van der Waals surface area contributed by atoms with E-state index in [0.29, 0.717) is 25.0 Å². The highest BCUT2D eigenvalue weighted by Crippen LogP contribution is 2.18. The first-order valence-electron chi connectivity index (χ1n) is 7.44. The summed E-state index contributed by atoms with van der Waals surface area (Å²) >= 11 is 0. The minimum Gasteiger partial charge on any atom is -0.329 e. The summed E-state index contributed by atoms with van der Waals surface area (Å²) in [5, 5.41) is 2.96. The monoisotopic (exact) mass is 311 g/mol. The molecule has 0 bridgehead atoms. The minimum absolute atomic E-state index is 0. The van der Waals surface area contributed by atoms with E-state index in [-0.39, 0.29) is 18.3 Å². The molecule has 1 aromatic rings. The number of nitrogens with two attached hydrogens (primary N) is 1. The van der Waals surface area contributed by atoms with Crippen LogP contribution in [0, 0.1) is 0 Å². The van der Waals surface area contributed by atoms with Crippen LogP contribution in [0.25, 0.3) is 0 Å². The molecule has 1 amide bonds. The van der Waals surface area contributed by atoms with Crippen molar-refractivity contribution in [1.82, 2.24) is 4.90 Å². The van der Waals surface area contributed by atoms with Crippen LogP contribution in [0.15, 0.2) is 24.3 Å². The Morgan fingerprint density at radius 3 is 2.62 bits per heavy atom. The van der Waals surface area contributed by atoms with Gasteiger partial charge in [0.1, 0.15) is 0 Å². The number of benzene rings is 1. The largest absolute Gasteiger partial charge is 0.329 e. The van der Waals surface area contributed by atoms with Crippen molar-refractivity contribution in [1.29, 1.82) is 0 Å². The van der Waals surface area contributed by atoms with E-state index in [1.807, 2.05) is 12.1 Å². The van der Waals surface area contributed by atoms with Crippen molar-refractivity contribution in [2.24, 2.45) is 5.73 Å². The van der Waals surface area contributed by atoms with Crippen LogP contribution in [-0.4, -0.2) is 36.5 Å². The molecule has 1 fully saturated rings. The number of hydrogen-bond donors (Lipinski definition) is 2. The summed E-state index contributed by atoms with van der Waals surface area (Å²) in [6.07, 6.45) is 2.24. The normalized spacial score (nSPS) is 18.6. The summed E-state index contributed by atoms with van der Waals surface area (Å²) in [4.78, 5) is 14.2. The van der Waals surface area contributed by atoms with Gasteiger partial charge < -0.3 is 11.1 Å². The second-order valence-corrected chi connectivity index (χ2v) is 5.83. The highest BCUT2D eigenvalue weighted by molar-refractivity contribution is 5.92. The second-order valence-electron chi connectivity index (χ2n) is 5.83. The summed E-state index contributed by atoms with van der Waals surface area (Å²) in [5.41, 5.74) is 7.87. The van der Waals surface area contributed by atoms with Crippen LogP contribution in [0.1, 0.15) is 38.2 Å². The highest BCUT2D eigenvalue weighted by atomic mass is 35.5. The van der Waals surface area contributed by atoms with Crippen molar-refractivity contribution < 1.29 is 4.79 Å². The second kappa shape index (κ2) is 8.37. The molecule has 1 aliphatic rings. The van der Waals surface area contributed by atoms with Crippen LogP contribution < -0.4 is 11.1 Å². The smallest absolute Gasteiger partial charge is 0.238 e. The SMILES string of the molecule is CC(C)c1ccc(NC(=O)CN2CCCC2CN)cc1.Cl. The molecule has 1 heterocycles. The molecule has 1 aromatic carbocycles. The molecule has 0 aliphatic carbocycles. The third-order valence-electron chi connectivity index (χ3n) is 3.98. The zero-order valence-electron chi connectivity index (χ0n) is 12.8. The zero-order chi connectivity index (χ0) is 14.5. The standard InChI is InChI=1S/C16H25N3O.ClH/c1-12(2)13-5-7-14(8-6-13)18-16(20)11-19-9-3-4-15(19)10-17;/h5-8,12,15H,3-4,9-11,17H2,1-2H3,(H,18,20);1H. The lowest BCUT2D eigenvalue weighted by Gasteiger charge is -2.22. The predicted molar refractivity (Wildman–Crippen MR) is 90.1 cm³/mol. The van der Waals surface area contributed by atoms with Gasteiger partial charge in [0, 0.05) is 18.3 Å². The van der Waals surface area contributed by atoms with Crippen LogP contribution >= 0.6 is 12.4 Å². The van der Waals surface area contributed by atoms with E-state index in [9.17, 15) is 4.79 Å². The lowest BCUT2D eigenvalue weighted by atomic mass is 10.0. The first-order valence-corrected chi connectivity index (χ1v) is 7.44. The van der Waals surface area contributed by atoms with E-state index in [1.165, 1.54) is 5.56 Å². The van der Waals surface area contributed by atoms with Gasteiger partial charge in [0.25, 0.3) is 0 Å². The first kappa shape index (κ1) is 18.0. The van der Waals surface area contributed by atoms with Gasteiger partial charge >= 0.3 is 0 Å². The van der Waals surface area contributed by atoms with E-state index >= 15 is 0 Å². The van der Waals surface area contributed by atoms with Crippen molar-refractivity contribution in [3.05, 3.63) is 29.8 Å². The minimum atomic E-state index is 0. The fraction of sp³-hybridized carbons (Fsp3) is 0.562. The summed E-state index contributed by atoms with van der Waals surface area (Å²) in [6.45, 7) is 6.37. The van der Waals surface area contributed by atoms with Crippen molar-refractivity contribution >= 4 is 24.0 Å². The van der Waals surface area contributed by atoms with Gasteiger partial charge in [-0.25, -0.2) is 0 Å². The molecule has 0 radical (unpaired) electrons. The fourth-order valence-electron chi connectivity index (χ4n) is 2.71. The number of rotatable bonds is 5. The van der Waals surface area contributed by atoms with E-state index in [1.54, 1.807) is 0 Å². The van der Waals surface area contributed by atoms with Crippen LogP contribution in [-0.2, 0) is 4.79 Å². The molecular formula is C16H26ClN3O. The number of amides is 1. The van der Waals surface area contributed by atoms with Crippen molar-refractivity contribution in [3.63, 3.8) is 0 Å². The number of nitrogens with zero attached hydrogens (tertiary/aromatic N) is 1. The summed E-state index contributed by atoms with van der Waals surface area (Å²) < 4.78 is 0. The maximum Gasteiger partial charge on any atom is 0.238 e. The fourth-order valence-corrected chi connectivity index (χ4v) is 2.71. The molecule has 118 valence electrons. The lowest BCUT2D eigenvalue weighted by molar-refractivity contribution is -0.117. The topological polar surface area (TPSA) is 58.4 Å². The number of anilines is 1.